The number of rotatable bonds is 4. The minimum Gasteiger partial charge on any atom is -0.338 e. The molecular weight excluding hydrogens is 298 g/mol. The van der Waals surface area contributed by atoms with Gasteiger partial charge in [0.1, 0.15) is 10.5 Å². The maximum Gasteiger partial charge on any atom is 0.268 e. The van der Waals surface area contributed by atoms with Crippen molar-refractivity contribution >= 4 is 39.1 Å². The Kier molecular flexibility index (Phi) is 4.15. The molecule has 7 heteroatoms. The van der Waals surface area contributed by atoms with E-state index in [2.05, 4.69) is 9.97 Å². The van der Waals surface area contributed by atoms with Gasteiger partial charge >= 0.3 is 0 Å². The first-order valence-corrected chi connectivity index (χ1v) is 7.54. The molecule has 0 unspecified atom stereocenters. The van der Waals surface area contributed by atoms with Gasteiger partial charge in [-0.25, -0.2) is 4.98 Å². The highest BCUT2D eigenvalue weighted by Gasteiger charge is 2.29. The molecule has 0 aliphatic rings. The van der Waals surface area contributed by atoms with Crippen molar-refractivity contribution in [3.63, 3.8) is 0 Å². The van der Waals surface area contributed by atoms with Crippen LogP contribution in [0.25, 0.3) is 10.2 Å². The number of amides is 1. The summed E-state index contributed by atoms with van der Waals surface area (Å²) in [5.74, 6) is 0.631. The molecule has 1 amide bonds. The van der Waals surface area contributed by atoms with Crippen molar-refractivity contribution in [1.29, 1.82) is 0 Å². The van der Waals surface area contributed by atoms with E-state index in [1.54, 1.807) is 27.0 Å². The summed E-state index contributed by atoms with van der Waals surface area (Å²) >= 11 is 7.16. The van der Waals surface area contributed by atoms with Gasteiger partial charge in [0.25, 0.3) is 5.56 Å². The lowest BCUT2D eigenvalue weighted by atomic mass is 9.94. The summed E-state index contributed by atoms with van der Waals surface area (Å²) < 4.78 is 0.601. The number of hydrogen-bond donors (Lipinski definition) is 1. The molecule has 2 rings (SSSR count). The Balaban J connectivity index is 2.24. The van der Waals surface area contributed by atoms with Gasteiger partial charge in [0.05, 0.1) is 17.5 Å². The van der Waals surface area contributed by atoms with Crippen LogP contribution in [0.1, 0.15) is 19.7 Å². The van der Waals surface area contributed by atoms with Gasteiger partial charge in [0.15, 0.2) is 0 Å². The molecule has 2 aromatic heterocycles. The summed E-state index contributed by atoms with van der Waals surface area (Å²) in [4.78, 5) is 32.7. The predicted octanol–water partition coefficient (Wildman–Crippen LogP) is 2.21. The number of nitrogens with zero attached hydrogens (tertiary/aromatic N) is 2. The number of thiophene rings is 1. The number of H-pyrrole nitrogens is 1. The molecule has 0 fully saturated rings. The van der Waals surface area contributed by atoms with Crippen molar-refractivity contribution in [2.75, 3.05) is 12.9 Å². The second-order valence-electron chi connectivity index (χ2n) is 5.33. The summed E-state index contributed by atoms with van der Waals surface area (Å²) in [6.07, 6.45) is 0. The molecular formula is C13H16ClN3O2S. The normalized spacial score (nSPS) is 11.8. The van der Waals surface area contributed by atoms with Crippen molar-refractivity contribution in [3.8, 4) is 0 Å². The first-order valence-electron chi connectivity index (χ1n) is 6.13. The number of aromatic amines is 1. The fourth-order valence-corrected chi connectivity index (χ4v) is 2.71. The van der Waals surface area contributed by atoms with E-state index in [0.29, 0.717) is 16.0 Å². The molecule has 1 N–H and O–H groups in total. The standard InChI is InChI=1S/C13H16ClN3O2S/c1-13(2,7-14)12(19)17(3)6-9-15-8-4-5-20-10(8)11(18)16-9/h4-5H,6-7H2,1-3H3,(H,15,16,18). The fourth-order valence-electron chi connectivity index (χ4n) is 1.87. The van der Waals surface area contributed by atoms with Gasteiger partial charge in [0.2, 0.25) is 5.91 Å². The average molecular weight is 314 g/mol. The van der Waals surface area contributed by atoms with Crippen molar-refractivity contribution in [3.05, 3.63) is 27.6 Å². The van der Waals surface area contributed by atoms with E-state index in [1.165, 1.54) is 16.2 Å². The summed E-state index contributed by atoms with van der Waals surface area (Å²) in [5, 5.41) is 1.82. The minimum atomic E-state index is -0.636. The van der Waals surface area contributed by atoms with Crippen molar-refractivity contribution < 1.29 is 4.79 Å². The second kappa shape index (κ2) is 5.54. The molecule has 0 atom stereocenters. The molecule has 2 aromatic rings. The zero-order chi connectivity index (χ0) is 14.9. The van der Waals surface area contributed by atoms with E-state index in [0.717, 1.165) is 0 Å². The SMILES string of the molecule is CN(Cc1nc2ccsc2c(=O)[nH]1)C(=O)C(C)(C)CCl. The molecule has 0 saturated carbocycles. The van der Waals surface area contributed by atoms with Gasteiger partial charge < -0.3 is 9.88 Å². The summed E-state index contributed by atoms with van der Waals surface area (Å²) in [7, 11) is 1.68. The summed E-state index contributed by atoms with van der Waals surface area (Å²) in [6, 6.07) is 1.79. The number of carbonyl (C=O) groups is 1. The molecule has 0 aromatic carbocycles. The van der Waals surface area contributed by atoms with E-state index < -0.39 is 5.41 Å². The lowest BCUT2D eigenvalue weighted by molar-refractivity contribution is -0.138. The van der Waals surface area contributed by atoms with Gasteiger partial charge in [0, 0.05) is 12.9 Å². The summed E-state index contributed by atoms with van der Waals surface area (Å²) in [6.45, 7) is 3.83. The second-order valence-corrected chi connectivity index (χ2v) is 6.51. The largest absolute Gasteiger partial charge is 0.338 e. The summed E-state index contributed by atoms with van der Waals surface area (Å²) in [5.41, 5.74) is -0.146. The maximum absolute atomic E-state index is 12.2. The van der Waals surface area contributed by atoms with Gasteiger partial charge in [-0.2, -0.15) is 0 Å². The molecule has 0 bridgehead atoms. The third-order valence-corrected chi connectivity index (χ3v) is 4.58. The van der Waals surface area contributed by atoms with Crippen molar-refractivity contribution in [2.45, 2.75) is 20.4 Å². The minimum absolute atomic E-state index is 0.0828. The third-order valence-electron chi connectivity index (χ3n) is 3.01. The van der Waals surface area contributed by atoms with Crippen LogP contribution < -0.4 is 5.56 Å². The van der Waals surface area contributed by atoms with Crippen LogP contribution in [0.3, 0.4) is 0 Å². The Labute approximate surface area is 125 Å². The molecule has 20 heavy (non-hydrogen) atoms. The number of fused-ring (bicyclic) bond motifs is 1. The molecule has 0 spiro atoms. The quantitative estimate of drug-likeness (QED) is 0.880. The zero-order valence-corrected chi connectivity index (χ0v) is 13.1. The highest BCUT2D eigenvalue weighted by molar-refractivity contribution is 7.17. The van der Waals surface area contributed by atoms with Gasteiger partial charge in [-0.15, -0.1) is 22.9 Å². The fraction of sp³-hybridized carbons (Fsp3) is 0.462. The Hall–Kier alpha value is -1.40. The molecule has 5 nitrogen and oxygen atoms in total. The van der Waals surface area contributed by atoms with Gasteiger partial charge in [-0.3, -0.25) is 9.59 Å². The van der Waals surface area contributed by atoms with E-state index in [1.807, 2.05) is 5.38 Å². The molecule has 0 radical (unpaired) electrons. The number of aromatic nitrogens is 2. The maximum atomic E-state index is 12.2. The highest BCUT2D eigenvalue weighted by atomic mass is 35.5. The Morgan fingerprint density at radius 2 is 2.25 bits per heavy atom. The molecule has 0 saturated heterocycles. The topological polar surface area (TPSA) is 66.1 Å². The van der Waals surface area contributed by atoms with Crippen LogP contribution in [0.5, 0.6) is 0 Å². The van der Waals surface area contributed by atoms with Crippen molar-refractivity contribution in [2.24, 2.45) is 5.41 Å². The van der Waals surface area contributed by atoms with Crippen LogP contribution in [-0.4, -0.2) is 33.7 Å². The Bertz CT molecular complexity index is 692. The van der Waals surface area contributed by atoms with E-state index >= 15 is 0 Å². The number of hydrogen-bond acceptors (Lipinski definition) is 4. The predicted molar refractivity (Wildman–Crippen MR) is 81.2 cm³/mol. The number of halogens is 1. The van der Waals surface area contributed by atoms with Crippen LogP contribution in [0.4, 0.5) is 0 Å². The zero-order valence-electron chi connectivity index (χ0n) is 11.6. The van der Waals surface area contributed by atoms with Gasteiger partial charge in [-0.1, -0.05) is 0 Å². The van der Waals surface area contributed by atoms with Crippen LogP contribution in [-0.2, 0) is 11.3 Å². The van der Waals surface area contributed by atoms with Crippen molar-refractivity contribution in [1.82, 2.24) is 14.9 Å². The average Bonchev–Trinajstić information content (AvgIpc) is 2.86. The van der Waals surface area contributed by atoms with Crippen LogP contribution in [0, 0.1) is 5.41 Å². The molecule has 0 aliphatic heterocycles. The lowest BCUT2D eigenvalue weighted by Crippen LogP contribution is -2.39. The number of carbonyl (C=O) groups excluding carboxylic acids is 1. The van der Waals surface area contributed by atoms with Crippen LogP contribution in [0.15, 0.2) is 16.2 Å². The molecule has 0 aliphatic carbocycles. The Morgan fingerprint density at radius 1 is 1.55 bits per heavy atom. The van der Waals surface area contributed by atoms with Crippen LogP contribution in [0.2, 0.25) is 0 Å². The van der Waals surface area contributed by atoms with E-state index in [-0.39, 0.29) is 23.9 Å². The highest BCUT2D eigenvalue weighted by Crippen LogP contribution is 2.21. The van der Waals surface area contributed by atoms with Crippen LogP contribution >= 0.6 is 22.9 Å². The first-order chi connectivity index (χ1) is 9.35. The monoisotopic (exact) mass is 313 g/mol. The first kappa shape index (κ1) is 15.0. The lowest BCUT2D eigenvalue weighted by Gasteiger charge is -2.27. The third kappa shape index (κ3) is 2.86. The Morgan fingerprint density at radius 3 is 2.90 bits per heavy atom. The number of nitrogens with one attached hydrogen (secondary N) is 1. The van der Waals surface area contributed by atoms with Gasteiger partial charge in [-0.05, 0) is 25.3 Å². The molecule has 108 valence electrons. The molecule has 2 heterocycles. The van der Waals surface area contributed by atoms with E-state index in [9.17, 15) is 9.59 Å². The number of alkyl halides is 1. The van der Waals surface area contributed by atoms with E-state index in [4.69, 9.17) is 11.6 Å². The smallest absolute Gasteiger partial charge is 0.268 e.